The number of nitriles is 1. The number of hydrogen-bond donors (Lipinski definition) is 1. The lowest BCUT2D eigenvalue weighted by Gasteiger charge is -2.07. The molecule has 6 nitrogen and oxygen atoms in total. The fourth-order valence-corrected chi connectivity index (χ4v) is 3.03. The van der Waals surface area contributed by atoms with Gasteiger partial charge < -0.3 is 4.42 Å². The number of sulfonamides is 1. The molecule has 0 saturated heterocycles. The Morgan fingerprint density at radius 1 is 1.14 bits per heavy atom. The maximum absolute atomic E-state index is 12.2. The SMILES string of the molecule is Cc1oc(C)c(C(=O)NS(=O)(=O)c2ccc(C#N)cc2)c1C. The molecule has 0 radical (unpaired) electrons. The second-order valence-electron chi connectivity index (χ2n) is 4.79. The van der Waals surface area contributed by atoms with Gasteiger partial charge in [-0.3, -0.25) is 4.79 Å². The number of carbonyl (C=O) groups excluding carboxylic acids is 1. The molecule has 1 amide bonds. The maximum Gasteiger partial charge on any atom is 0.268 e. The van der Waals surface area contributed by atoms with Crippen LogP contribution in [0.15, 0.2) is 33.6 Å². The van der Waals surface area contributed by atoms with Crippen molar-refractivity contribution < 1.29 is 17.6 Å². The zero-order valence-corrected chi connectivity index (χ0v) is 13.1. The number of benzene rings is 1. The Morgan fingerprint density at radius 3 is 2.18 bits per heavy atom. The third-order valence-corrected chi connectivity index (χ3v) is 4.66. The van der Waals surface area contributed by atoms with E-state index in [2.05, 4.69) is 0 Å². The first-order chi connectivity index (χ1) is 10.3. The van der Waals surface area contributed by atoms with Crippen molar-refractivity contribution in [3.05, 3.63) is 52.5 Å². The van der Waals surface area contributed by atoms with Crippen LogP contribution in [0.2, 0.25) is 0 Å². The molecule has 0 aliphatic carbocycles. The zero-order chi connectivity index (χ0) is 16.5. The quantitative estimate of drug-likeness (QED) is 0.935. The normalized spacial score (nSPS) is 11.0. The highest BCUT2D eigenvalue weighted by molar-refractivity contribution is 7.90. The summed E-state index contributed by atoms with van der Waals surface area (Å²) in [6.07, 6.45) is 0. The van der Waals surface area contributed by atoms with Crippen molar-refractivity contribution in [1.82, 2.24) is 4.72 Å². The second kappa shape index (κ2) is 5.66. The van der Waals surface area contributed by atoms with Gasteiger partial charge in [0.05, 0.1) is 22.1 Å². The van der Waals surface area contributed by atoms with Gasteiger partial charge >= 0.3 is 0 Å². The first-order valence-corrected chi connectivity index (χ1v) is 7.88. The van der Waals surface area contributed by atoms with Crippen molar-refractivity contribution in [2.75, 3.05) is 0 Å². The lowest BCUT2D eigenvalue weighted by Crippen LogP contribution is -2.31. The van der Waals surface area contributed by atoms with E-state index >= 15 is 0 Å². The van der Waals surface area contributed by atoms with Gasteiger partial charge in [-0.05, 0) is 45.0 Å². The first-order valence-electron chi connectivity index (χ1n) is 6.40. The zero-order valence-electron chi connectivity index (χ0n) is 12.3. The molecule has 0 spiro atoms. The number of aryl methyl sites for hydroxylation is 2. The summed E-state index contributed by atoms with van der Waals surface area (Å²) in [6.45, 7) is 4.99. The van der Waals surface area contributed by atoms with E-state index in [1.165, 1.54) is 24.3 Å². The fourth-order valence-electron chi connectivity index (χ4n) is 2.07. The molecular formula is C15H14N2O4S. The van der Waals surface area contributed by atoms with E-state index < -0.39 is 15.9 Å². The average molecular weight is 318 g/mol. The molecule has 1 heterocycles. The summed E-state index contributed by atoms with van der Waals surface area (Å²) < 4.78 is 31.7. The van der Waals surface area contributed by atoms with E-state index in [4.69, 9.17) is 9.68 Å². The number of amides is 1. The van der Waals surface area contributed by atoms with Crippen molar-refractivity contribution in [3.8, 4) is 6.07 Å². The monoisotopic (exact) mass is 318 g/mol. The van der Waals surface area contributed by atoms with Crippen LogP contribution in [0.3, 0.4) is 0 Å². The lowest BCUT2D eigenvalue weighted by atomic mass is 10.1. The van der Waals surface area contributed by atoms with Gasteiger partial charge in [-0.25, -0.2) is 13.1 Å². The third-order valence-electron chi connectivity index (χ3n) is 3.31. The largest absolute Gasteiger partial charge is 0.466 e. The van der Waals surface area contributed by atoms with Gasteiger partial charge in [0.25, 0.3) is 15.9 Å². The molecule has 7 heteroatoms. The molecule has 0 fully saturated rings. The molecule has 0 atom stereocenters. The Kier molecular flexibility index (Phi) is 4.06. The first kappa shape index (κ1) is 15.8. The Labute approximate surface area is 128 Å². The predicted molar refractivity (Wildman–Crippen MR) is 78.7 cm³/mol. The van der Waals surface area contributed by atoms with Crippen LogP contribution < -0.4 is 4.72 Å². The molecule has 0 aliphatic heterocycles. The third kappa shape index (κ3) is 2.87. The summed E-state index contributed by atoms with van der Waals surface area (Å²) in [5, 5.41) is 8.71. The summed E-state index contributed by atoms with van der Waals surface area (Å²) in [6, 6.07) is 7.19. The van der Waals surface area contributed by atoms with Crippen molar-refractivity contribution in [1.29, 1.82) is 5.26 Å². The van der Waals surface area contributed by atoms with Gasteiger partial charge in [0.1, 0.15) is 11.5 Å². The van der Waals surface area contributed by atoms with Crippen molar-refractivity contribution in [2.24, 2.45) is 0 Å². The van der Waals surface area contributed by atoms with Crippen LogP contribution in [0.25, 0.3) is 0 Å². The second-order valence-corrected chi connectivity index (χ2v) is 6.47. The summed E-state index contributed by atoms with van der Waals surface area (Å²) in [5.41, 5.74) is 1.15. The minimum Gasteiger partial charge on any atom is -0.466 e. The topological polar surface area (TPSA) is 100 Å². The smallest absolute Gasteiger partial charge is 0.268 e. The molecule has 22 heavy (non-hydrogen) atoms. The Morgan fingerprint density at radius 2 is 1.73 bits per heavy atom. The Bertz CT molecular complexity index is 872. The van der Waals surface area contributed by atoms with Gasteiger partial charge in [-0.1, -0.05) is 0 Å². The van der Waals surface area contributed by atoms with Crippen LogP contribution in [0, 0.1) is 32.1 Å². The molecule has 0 unspecified atom stereocenters. The van der Waals surface area contributed by atoms with Crippen molar-refractivity contribution in [2.45, 2.75) is 25.7 Å². The van der Waals surface area contributed by atoms with Crippen molar-refractivity contribution >= 4 is 15.9 Å². The number of hydrogen-bond acceptors (Lipinski definition) is 5. The van der Waals surface area contributed by atoms with Gasteiger partial charge in [0, 0.05) is 5.56 Å². The number of nitrogens with one attached hydrogen (secondary N) is 1. The molecule has 1 aromatic heterocycles. The number of rotatable bonds is 3. The number of carbonyl (C=O) groups is 1. The minimum absolute atomic E-state index is 0.0876. The van der Waals surface area contributed by atoms with E-state index in [1.54, 1.807) is 20.8 Å². The Balaban J connectivity index is 2.32. The molecular weight excluding hydrogens is 304 g/mol. The summed E-state index contributed by atoms with van der Waals surface area (Å²) in [4.78, 5) is 12.1. The Hall–Kier alpha value is -2.59. The van der Waals surface area contributed by atoms with Gasteiger partial charge in [-0.15, -0.1) is 0 Å². The van der Waals surface area contributed by atoms with Crippen LogP contribution in [-0.4, -0.2) is 14.3 Å². The molecule has 2 rings (SSSR count). The van der Waals surface area contributed by atoms with E-state index in [9.17, 15) is 13.2 Å². The number of furan rings is 1. The molecule has 2 aromatic rings. The van der Waals surface area contributed by atoms with Crippen LogP contribution >= 0.6 is 0 Å². The highest BCUT2D eigenvalue weighted by Crippen LogP contribution is 2.21. The molecule has 114 valence electrons. The standard InChI is InChI=1S/C15H14N2O4S/c1-9-10(2)21-11(3)14(9)15(18)17-22(19,20)13-6-4-12(8-16)5-7-13/h4-7H,1-3H3,(H,17,18). The highest BCUT2D eigenvalue weighted by Gasteiger charge is 2.24. The van der Waals surface area contributed by atoms with Crippen LogP contribution in [0.5, 0.6) is 0 Å². The molecule has 0 saturated carbocycles. The van der Waals surface area contributed by atoms with Crippen LogP contribution in [0.4, 0.5) is 0 Å². The van der Waals surface area contributed by atoms with Gasteiger partial charge in [0.2, 0.25) is 0 Å². The molecule has 1 N–H and O–H groups in total. The van der Waals surface area contributed by atoms with Crippen LogP contribution in [-0.2, 0) is 10.0 Å². The predicted octanol–water partition coefficient (Wildman–Crippen LogP) is 2.20. The summed E-state index contributed by atoms with van der Waals surface area (Å²) in [7, 11) is -4.01. The van der Waals surface area contributed by atoms with Gasteiger partial charge in [0.15, 0.2) is 0 Å². The molecule has 0 bridgehead atoms. The summed E-state index contributed by atoms with van der Waals surface area (Å²) in [5.74, 6) is 0.192. The van der Waals surface area contributed by atoms with Gasteiger partial charge in [-0.2, -0.15) is 5.26 Å². The van der Waals surface area contributed by atoms with Crippen molar-refractivity contribution in [3.63, 3.8) is 0 Å². The lowest BCUT2D eigenvalue weighted by molar-refractivity contribution is 0.0979. The van der Waals surface area contributed by atoms with E-state index in [0.29, 0.717) is 22.6 Å². The maximum atomic E-state index is 12.2. The summed E-state index contributed by atoms with van der Waals surface area (Å²) >= 11 is 0. The molecule has 0 aliphatic rings. The van der Waals surface area contributed by atoms with E-state index in [-0.39, 0.29) is 10.5 Å². The van der Waals surface area contributed by atoms with E-state index in [1.807, 2.05) is 10.8 Å². The average Bonchev–Trinajstić information content (AvgIpc) is 2.71. The fraction of sp³-hybridized carbons (Fsp3) is 0.200. The molecule has 1 aromatic carbocycles. The van der Waals surface area contributed by atoms with E-state index in [0.717, 1.165) is 0 Å². The highest BCUT2D eigenvalue weighted by atomic mass is 32.2. The minimum atomic E-state index is -4.01. The number of nitrogens with zero attached hydrogens (tertiary/aromatic N) is 1. The van der Waals surface area contributed by atoms with Crippen LogP contribution in [0.1, 0.15) is 33.0 Å².